The molecule has 1 atom stereocenters. The number of aromatic nitrogens is 1. The van der Waals surface area contributed by atoms with Crippen molar-refractivity contribution in [1.29, 1.82) is 0 Å². The van der Waals surface area contributed by atoms with E-state index in [0.717, 1.165) is 88.1 Å². The van der Waals surface area contributed by atoms with Crippen molar-refractivity contribution in [2.75, 3.05) is 73.8 Å². The quantitative estimate of drug-likeness (QED) is 0.222. The maximum Gasteiger partial charge on any atom is 0.284 e. The van der Waals surface area contributed by atoms with E-state index in [-0.39, 0.29) is 11.8 Å². The number of nitrogens with zero attached hydrogens (tertiary/aromatic N) is 4. The minimum atomic E-state index is -0.871. The third-order valence-corrected chi connectivity index (χ3v) is 10.8. The van der Waals surface area contributed by atoms with Crippen LogP contribution in [0.1, 0.15) is 39.1 Å². The minimum Gasteiger partial charge on any atom is -0.378 e. The zero-order valence-electron chi connectivity index (χ0n) is 26.5. The summed E-state index contributed by atoms with van der Waals surface area (Å²) in [6.07, 6.45) is 0.932. The van der Waals surface area contributed by atoms with E-state index in [4.69, 9.17) is 4.74 Å². The molecule has 1 unspecified atom stereocenters. The Bertz CT molecular complexity index is 1680. The Kier molecular flexibility index (Phi) is 11.1. The van der Waals surface area contributed by atoms with Gasteiger partial charge in [0.1, 0.15) is 0 Å². The van der Waals surface area contributed by atoms with Gasteiger partial charge < -0.3 is 20.3 Å². The van der Waals surface area contributed by atoms with Crippen LogP contribution in [0.15, 0.2) is 78.2 Å². The van der Waals surface area contributed by atoms with Crippen molar-refractivity contribution < 1.29 is 18.5 Å². The van der Waals surface area contributed by atoms with Crippen molar-refractivity contribution in [3.05, 3.63) is 94.3 Å². The van der Waals surface area contributed by atoms with Crippen LogP contribution in [-0.2, 0) is 22.3 Å². The number of carbonyl (C=O) groups excluding carboxylic acids is 2. The van der Waals surface area contributed by atoms with Crippen LogP contribution in [-0.4, -0.2) is 88.4 Å². The van der Waals surface area contributed by atoms with Crippen molar-refractivity contribution in [3.8, 4) is 11.3 Å². The number of hydrogen-bond donors (Lipinski definition) is 2. The van der Waals surface area contributed by atoms with Gasteiger partial charge in [0.15, 0.2) is 5.01 Å². The molecule has 6 rings (SSSR count). The Balaban J connectivity index is 1.01. The zero-order chi connectivity index (χ0) is 32.6. The molecule has 2 aliphatic rings. The summed E-state index contributed by atoms with van der Waals surface area (Å²) < 4.78 is 19.8. The van der Waals surface area contributed by atoms with Gasteiger partial charge in [-0.1, -0.05) is 31.2 Å². The monoisotopic (exact) mass is 672 g/mol. The largest absolute Gasteiger partial charge is 0.378 e. The standard InChI is InChI=1S/C35H40N6O4S2/c1-2-22-47(44)41-16-14-39(15-17-41)24-26-6-8-29(9-7-26)36-33(42)28-5-3-4-27(23-28)32-25-46-35(38-32)34(43)37-30-10-12-31(13-11-30)40-18-20-45-21-19-40/h3-13,23,25H,2,14-22,24H2,1H3,(H,36,42)(H,37,43). The fraction of sp³-hybridized carbons (Fsp3) is 0.343. The highest BCUT2D eigenvalue weighted by Crippen LogP contribution is 2.25. The molecular weight excluding hydrogens is 633 g/mol. The Morgan fingerprint density at radius 1 is 0.872 bits per heavy atom. The van der Waals surface area contributed by atoms with Crippen LogP contribution >= 0.6 is 11.3 Å². The molecule has 2 saturated heterocycles. The molecule has 0 radical (unpaired) electrons. The highest BCUT2D eigenvalue weighted by atomic mass is 32.2. The Hall–Kier alpha value is -3.94. The van der Waals surface area contributed by atoms with E-state index >= 15 is 0 Å². The minimum absolute atomic E-state index is 0.218. The molecule has 3 heterocycles. The van der Waals surface area contributed by atoms with Crippen LogP contribution < -0.4 is 15.5 Å². The highest BCUT2D eigenvalue weighted by molar-refractivity contribution is 7.82. The number of rotatable bonds is 11. The van der Waals surface area contributed by atoms with Gasteiger partial charge >= 0.3 is 0 Å². The van der Waals surface area contributed by atoms with Crippen molar-refractivity contribution in [3.63, 3.8) is 0 Å². The van der Waals surface area contributed by atoms with Crippen LogP contribution in [0.2, 0.25) is 0 Å². The summed E-state index contributed by atoms with van der Waals surface area (Å²) in [5.74, 6) is 0.238. The second kappa shape index (κ2) is 15.8. The first kappa shape index (κ1) is 33.0. The smallest absolute Gasteiger partial charge is 0.284 e. The molecule has 0 bridgehead atoms. The number of benzene rings is 3. The molecule has 2 N–H and O–H groups in total. The number of anilines is 3. The van der Waals surface area contributed by atoms with Crippen molar-refractivity contribution in [2.24, 2.45) is 0 Å². The molecule has 4 aromatic rings. The number of morpholine rings is 1. The molecule has 2 aliphatic heterocycles. The average molecular weight is 673 g/mol. The highest BCUT2D eigenvalue weighted by Gasteiger charge is 2.21. The molecule has 12 heteroatoms. The van der Waals surface area contributed by atoms with Gasteiger partial charge in [-0.15, -0.1) is 11.3 Å². The van der Waals surface area contributed by atoms with Gasteiger partial charge in [0, 0.05) is 85.1 Å². The predicted molar refractivity (Wildman–Crippen MR) is 190 cm³/mol. The fourth-order valence-corrected chi connectivity index (χ4v) is 7.54. The summed E-state index contributed by atoms with van der Waals surface area (Å²) in [5, 5.41) is 8.10. The number of ether oxygens (including phenoxy) is 1. The number of piperazine rings is 1. The van der Waals surface area contributed by atoms with Gasteiger partial charge in [0.2, 0.25) is 0 Å². The molecular formula is C35H40N6O4S2. The first-order valence-corrected chi connectivity index (χ1v) is 18.2. The average Bonchev–Trinajstić information content (AvgIpc) is 3.61. The third-order valence-electron chi connectivity index (χ3n) is 8.24. The Morgan fingerprint density at radius 3 is 2.26 bits per heavy atom. The van der Waals surface area contributed by atoms with Crippen LogP contribution in [0.4, 0.5) is 17.1 Å². The molecule has 3 aromatic carbocycles. The molecule has 1 aromatic heterocycles. The van der Waals surface area contributed by atoms with Gasteiger partial charge in [-0.25, -0.2) is 13.5 Å². The zero-order valence-corrected chi connectivity index (χ0v) is 28.2. The van der Waals surface area contributed by atoms with Crippen molar-refractivity contribution >= 4 is 51.2 Å². The maximum absolute atomic E-state index is 13.1. The van der Waals surface area contributed by atoms with Crippen LogP contribution in [0.3, 0.4) is 0 Å². The summed E-state index contributed by atoms with van der Waals surface area (Å²) in [5.41, 5.74) is 5.60. The molecule has 10 nitrogen and oxygen atoms in total. The fourth-order valence-electron chi connectivity index (χ4n) is 5.64. The van der Waals surface area contributed by atoms with Gasteiger partial charge in [0.05, 0.1) is 29.9 Å². The van der Waals surface area contributed by atoms with Gasteiger partial charge in [-0.3, -0.25) is 14.5 Å². The maximum atomic E-state index is 13.1. The van der Waals surface area contributed by atoms with E-state index < -0.39 is 11.0 Å². The number of hydrogen-bond acceptors (Lipinski definition) is 8. The summed E-state index contributed by atoms with van der Waals surface area (Å²) in [7, 11) is -0.871. The lowest BCUT2D eigenvalue weighted by Crippen LogP contribution is -2.46. The van der Waals surface area contributed by atoms with E-state index in [1.807, 2.05) is 66.0 Å². The van der Waals surface area contributed by atoms with E-state index in [1.54, 1.807) is 12.1 Å². The Labute approximate surface area is 282 Å². The number of thiazole rings is 1. The molecule has 246 valence electrons. The Morgan fingerprint density at radius 2 is 1.55 bits per heavy atom. The molecule has 47 heavy (non-hydrogen) atoms. The predicted octanol–water partition coefficient (Wildman–Crippen LogP) is 5.34. The van der Waals surface area contributed by atoms with Gasteiger partial charge in [-0.05, 0) is 60.5 Å². The first-order valence-electron chi connectivity index (χ1n) is 16.0. The van der Waals surface area contributed by atoms with Crippen LogP contribution in [0.25, 0.3) is 11.3 Å². The second-order valence-corrected chi connectivity index (χ2v) is 14.0. The summed E-state index contributed by atoms with van der Waals surface area (Å²) >= 11 is 1.27. The van der Waals surface area contributed by atoms with Crippen LogP contribution in [0.5, 0.6) is 0 Å². The number of amides is 2. The van der Waals surface area contributed by atoms with E-state index in [0.29, 0.717) is 22.0 Å². The number of nitrogens with one attached hydrogen (secondary N) is 2. The first-order chi connectivity index (χ1) is 22.9. The van der Waals surface area contributed by atoms with Gasteiger partial charge in [-0.2, -0.15) is 0 Å². The van der Waals surface area contributed by atoms with E-state index in [1.165, 1.54) is 16.9 Å². The second-order valence-electron chi connectivity index (χ2n) is 11.6. The molecule has 0 saturated carbocycles. The molecule has 2 amide bonds. The topological polar surface area (TPSA) is 107 Å². The van der Waals surface area contributed by atoms with Gasteiger partial charge in [0.25, 0.3) is 11.8 Å². The lowest BCUT2D eigenvalue weighted by atomic mass is 10.1. The lowest BCUT2D eigenvalue weighted by Gasteiger charge is -2.33. The summed E-state index contributed by atoms with van der Waals surface area (Å²) in [4.78, 5) is 35.3. The van der Waals surface area contributed by atoms with Crippen molar-refractivity contribution in [1.82, 2.24) is 14.2 Å². The molecule has 0 aliphatic carbocycles. The summed E-state index contributed by atoms with van der Waals surface area (Å²) in [6, 6.07) is 23.0. The third kappa shape index (κ3) is 8.70. The SMILES string of the molecule is CCCS(=O)N1CCN(Cc2ccc(NC(=O)c3cccc(-c4csc(C(=O)Nc5ccc(N6CCOCC6)cc5)n4)c3)cc2)CC1. The normalized spacial score (nSPS) is 16.5. The molecule has 0 spiro atoms. The van der Waals surface area contributed by atoms with Crippen LogP contribution in [0, 0.1) is 0 Å². The summed E-state index contributed by atoms with van der Waals surface area (Å²) in [6.45, 7) is 9.44. The number of carbonyl (C=O) groups is 2. The van der Waals surface area contributed by atoms with E-state index in [9.17, 15) is 13.8 Å². The van der Waals surface area contributed by atoms with E-state index in [2.05, 4.69) is 36.6 Å². The van der Waals surface area contributed by atoms with Crippen molar-refractivity contribution in [2.45, 2.75) is 19.9 Å². The lowest BCUT2D eigenvalue weighted by molar-refractivity contribution is 0.101. The molecule has 2 fully saturated rings.